The van der Waals surface area contributed by atoms with E-state index < -0.39 is 0 Å². The molecule has 4 heteroatoms. The number of rotatable bonds is 2. The zero-order chi connectivity index (χ0) is 11.5. The lowest BCUT2D eigenvalue weighted by atomic mass is 9.97. The van der Waals surface area contributed by atoms with Gasteiger partial charge in [0.2, 0.25) is 5.91 Å². The third-order valence-electron chi connectivity index (χ3n) is 3.12. The fraction of sp³-hybridized carbons (Fsp3) is 0.500. The van der Waals surface area contributed by atoms with Crippen molar-refractivity contribution in [2.75, 3.05) is 18.4 Å². The van der Waals surface area contributed by atoms with E-state index >= 15 is 0 Å². The highest BCUT2D eigenvalue weighted by Gasteiger charge is 2.29. The van der Waals surface area contributed by atoms with E-state index in [2.05, 4.69) is 22.5 Å². The molecule has 2 rings (SSSR count). The van der Waals surface area contributed by atoms with Gasteiger partial charge in [-0.05, 0) is 31.5 Å². The van der Waals surface area contributed by atoms with E-state index in [9.17, 15) is 4.79 Å². The third-order valence-corrected chi connectivity index (χ3v) is 3.12. The summed E-state index contributed by atoms with van der Waals surface area (Å²) in [6.07, 6.45) is 1.73. The first kappa shape index (κ1) is 11.1. The molecule has 2 N–H and O–H groups in total. The highest BCUT2D eigenvalue weighted by molar-refractivity contribution is 5.93. The number of aromatic nitrogens is 1. The second-order valence-electron chi connectivity index (χ2n) is 4.37. The molecule has 0 bridgehead atoms. The first-order valence-corrected chi connectivity index (χ1v) is 5.61. The number of anilines is 1. The number of carbonyl (C=O) groups excluding carboxylic acids is 1. The summed E-state index contributed by atoms with van der Waals surface area (Å²) in [6.45, 7) is 5.68. The Balaban J connectivity index is 2.05. The lowest BCUT2D eigenvalue weighted by Gasteiger charge is -2.14. The van der Waals surface area contributed by atoms with Gasteiger partial charge in [-0.25, -0.2) is 0 Å². The Morgan fingerprint density at radius 2 is 2.38 bits per heavy atom. The van der Waals surface area contributed by atoms with Gasteiger partial charge in [-0.2, -0.15) is 0 Å². The second-order valence-corrected chi connectivity index (χ2v) is 4.37. The minimum absolute atomic E-state index is 0.0691. The largest absolute Gasteiger partial charge is 0.324 e. The van der Waals surface area contributed by atoms with Crippen LogP contribution >= 0.6 is 0 Å². The Kier molecular flexibility index (Phi) is 3.19. The van der Waals surface area contributed by atoms with Crippen LogP contribution in [0.5, 0.6) is 0 Å². The van der Waals surface area contributed by atoms with Crippen molar-refractivity contribution in [3.63, 3.8) is 0 Å². The molecule has 86 valence electrons. The van der Waals surface area contributed by atoms with E-state index in [1.54, 1.807) is 6.20 Å². The monoisotopic (exact) mass is 219 g/mol. The molecule has 0 aliphatic carbocycles. The van der Waals surface area contributed by atoms with Gasteiger partial charge in [0.1, 0.15) is 0 Å². The van der Waals surface area contributed by atoms with Gasteiger partial charge in [0, 0.05) is 12.7 Å². The topological polar surface area (TPSA) is 54.0 Å². The van der Waals surface area contributed by atoms with E-state index in [0.717, 1.165) is 24.5 Å². The number of hydrogen-bond acceptors (Lipinski definition) is 3. The summed E-state index contributed by atoms with van der Waals surface area (Å²) in [4.78, 5) is 16.1. The molecular formula is C12H17N3O. The van der Waals surface area contributed by atoms with E-state index in [1.165, 1.54) is 0 Å². The number of nitrogens with zero attached hydrogens (tertiary/aromatic N) is 1. The van der Waals surface area contributed by atoms with Crippen LogP contribution in [-0.4, -0.2) is 24.0 Å². The SMILES string of the molecule is Cc1ncccc1NC(=O)C1CNCC1C. The molecule has 1 aliphatic heterocycles. The van der Waals surface area contributed by atoms with E-state index in [-0.39, 0.29) is 11.8 Å². The predicted molar refractivity (Wildman–Crippen MR) is 63.1 cm³/mol. The zero-order valence-corrected chi connectivity index (χ0v) is 9.66. The molecule has 4 nitrogen and oxygen atoms in total. The summed E-state index contributed by atoms with van der Waals surface area (Å²) in [5.41, 5.74) is 1.67. The molecule has 0 spiro atoms. The Morgan fingerprint density at radius 3 is 3.00 bits per heavy atom. The average Bonchev–Trinajstić information content (AvgIpc) is 2.68. The quantitative estimate of drug-likeness (QED) is 0.785. The molecule has 1 fully saturated rings. The lowest BCUT2D eigenvalue weighted by molar-refractivity contribution is -0.120. The summed E-state index contributed by atoms with van der Waals surface area (Å²) < 4.78 is 0. The molecule has 1 aliphatic rings. The normalized spacial score (nSPS) is 24.4. The highest BCUT2D eigenvalue weighted by Crippen LogP contribution is 2.19. The van der Waals surface area contributed by atoms with Gasteiger partial charge < -0.3 is 10.6 Å². The van der Waals surface area contributed by atoms with Crippen molar-refractivity contribution in [1.82, 2.24) is 10.3 Å². The number of aryl methyl sites for hydroxylation is 1. The number of amides is 1. The minimum atomic E-state index is 0.0691. The van der Waals surface area contributed by atoms with Crippen molar-refractivity contribution >= 4 is 11.6 Å². The van der Waals surface area contributed by atoms with Crippen molar-refractivity contribution < 1.29 is 4.79 Å². The Hall–Kier alpha value is -1.42. The van der Waals surface area contributed by atoms with E-state index in [4.69, 9.17) is 0 Å². The summed E-state index contributed by atoms with van der Waals surface area (Å²) in [7, 11) is 0. The smallest absolute Gasteiger partial charge is 0.229 e. The molecule has 2 atom stereocenters. The highest BCUT2D eigenvalue weighted by atomic mass is 16.1. The maximum Gasteiger partial charge on any atom is 0.229 e. The van der Waals surface area contributed by atoms with Gasteiger partial charge >= 0.3 is 0 Å². The minimum Gasteiger partial charge on any atom is -0.324 e. The van der Waals surface area contributed by atoms with Crippen LogP contribution in [0.1, 0.15) is 12.6 Å². The summed E-state index contributed by atoms with van der Waals surface area (Å²) in [6, 6.07) is 3.71. The van der Waals surface area contributed by atoms with Gasteiger partial charge in [0.15, 0.2) is 0 Å². The summed E-state index contributed by atoms with van der Waals surface area (Å²) in [5.74, 6) is 0.560. The molecule has 1 saturated heterocycles. The number of nitrogens with one attached hydrogen (secondary N) is 2. The first-order valence-electron chi connectivity index (χ1n) is 5.61. The maximum absolute atomic E-state index is 12.0. The van der Waals surface area contributed by atoms with Crippen molar-refractivity contribution in [2.45, 2.75) is 13.8 Å². The Bertz CT molecular complexity index is 392. The fourth-order valence-electron chi connectivity index (χ4n) is 2.00. The van der Waals surface area contributed by atoms with Crippen LogP contribution in [0.4, 0.5) is 5.69 Å². The van der Waals surface area contributed by atoms with Gasteiger partial charge in [0.05, 0.1) is 17.3 Å². The van der Waals surface area contributed by atoms with E-state index in [0.29, 0.717) is 5.92 Å². The molecule has 0 aromatic carbocycles. The van der Waals surface area contributed by atoms with Crippen LogP contribution in [0.25, 0.3) is 0 Å². The molecule has 2 heterocycles. The molecule has 0 saturated carbocycles. The Morgan fingerprint density at radius 1 is 1.56 bits per heavy atom. The van der Waals surface area contributed by atoms with Crippen LogP contribution in [0, 0.1) is 18.8 Å². The molecule has 1 amide bonds. The van der Waals surface area contributed by atoms with Crippen LogP contribution in [0.15, 0.2) is 18.3 Å². The van der Waals surface area contributed by atoms with Gasteiger partial charge in [0.25, 0.3) is 0 Å². The predicted octanol–water partition coefficient (Wildman–Crippen LogP) is 1.18. The van der Waals surface area contributed by atoms with Crippen LogP contribution in [-0.2, 0) is 4.79 Å². The summed E-state index contributed by atoms with van der Waals surface area (Å²) in [5, 5.41) is 6.17. The number of pyridine rings is 1. The molecule has 0 radical (unpaired) electrons. The average molecular weight is 219 g/mol. The molecule has 16 heavy (non-hydrogen) atoms. The molecule has 1 aromatic rings. The number of hydrogen-bond donors (Lipinski definition) is 2. The molecule has 2 unspecified atom stereocenters. The van der Waals surface area contributed by atoms with Crippen molar-refractivity contribution in [3.8, 4) is 0 Å². The standard InChI is InChI=1S/C12H17N3O/c1-8-6-13-7-10(8)12(16)15-11-4-3-5-14-9(11)2/h3-5,8,10,13H,6-7H2,1-2H3,(H,15,16). The molecule has 1 aromatic heterocycles. The van der Waals surface area contributed by atoms with Crippen molar-refractivity contribution in [2.24, 2.45) is 11.8 Å². The summed E-state index contributed by atoms with van der Waals surface area (Å²) >= 11 is 0. The van der Waals surface area contributed by atoms with Crippen LogP contribution in [0.3, 0.4) is 0 Å². The van der Waals surface area contributed by atoms with Crippen LogP contribution in [0.2, 0.25) is 0 Å². The van der Waals surface area contributed by atoms with Crippen molar-refractivity contribution in [3.05, 3.63) is 24.0 Å². The van der Waals surface area contributed by atoms with Gasteiger partial charge in [-0.3, -0.25) is 9.78 Å². The van der Waals surface area contributed by atoms with E-state index in [1.807, 2.05) is 19.1 Å². The zero-order valence-electron chi connectivity index (χ0n) is 9.66. The number of carbonyl (C=O) groups is 1. The van der Waals surface area contributed by atoms with Crippen molar-refractivity contribution in [1.29, 1.82) is 0 Å². The van der Waals surface area contributed by atoms with Gasteiger partial charge in [-0.15, -0.1) is 0 Å². The fourth-order valence-corrected chi connectivity index (χ4v) is 2.00. The van der Waals surface area contributed by atoms with Crippen LogP contribution < -0.4 is 10.6 Å². The first-order chi connectivity index (χ1) is 7.68. The van der Waals surface area contributed by atoms with Gasteiger partial charge in [-0.1, -0.05) is 6.92 Å². The second kappa shape index (κ2) is 4.61. The third kappa shape index (κ3) is 2.22. The molecular weight excluding hydrogens is 202 g/mol. The Labute approximate surface area is 95.5 Å². The maximum atomic E-state index is 12.0. The lowest BCUT2D eigenvalue weighted by Crippen LogP contribution is -2.28.